The molecule has 1 amide bonds. The number of benzene rings is 1. The number of nitrogens with one attached hydrogen (secondary N) is 2. The largest absolute Gasteiger partial charge is 0.406 e. The number of hydrogen-bond donors (Lipinski definition) is 2. The second-order valence-corrected chi connectivity index (χ2v) is 5.52. The van der Waals surface area contributed by atoms with Crippen LogP contribution in [0.3, 0.4) is 0 Å². The third-order valence-electron chi connectivity index (χ3n) is 3.20. The molecule has 110 valence electrons. The van der Waals surface area contributed by atoms with E-state index in [1.54, 1.807) is 6.07 Å². The van der Waals surface area contributed by atoms with Crippen LogP contribution in [-0.2, 0) is 0 Å². The summed E-state index contributed by atoms with van der Waals surface area (Å²) in [5, 5.41) is 14.2. The second-order valence-electron chi connectivity index (χ2n) is 4.67. The van der Waals surface area contributed by atoms with Crippen molar-refractivity contribution in [3.05, 3.63) is 39.7 Å². The lowest BCUT2D eigenvalue weighted by atomic mass is 10.2. The van der Waals surface area contributed by atoms with Gasteiger partial charge in [0, 0.05) is 5.02 Å². The Bertz CT molecular complexity index is 668. The minimum atomic E-state index is -0.425. The minimum absolute atomic E-state index is 0.0507. The van der Waals surface area contributed by atoms with Crippen molar-refractivity contribution in [3.8, 4) is 0 Å². The van der Waals surface area contributed by atoms with E-state index in [-0.39, 0.29) is 17.1 Å². The molecule has 21 heavy (non-hydrogen) atoms. The van der Waals surface area contributed by atoms with Crippen LogP contribution in [0.1, 0.15) is 35.1 Å². The molecule has 1 saturated heterocycles. The molecule has 0 saturated carbocycles. The van der Waals surface area contributed by atoms with E-state index < -0.39 is 5.91 Å². The molecule has 6 nitrogen and oxygen atoms in total. The number of carbonyl (C=O) groups is 1. The van der Waals surface area contributed by atoms with E-state index >= 15 is 0 Å². The Morgan fingerprint density at radius 1 is 1.38 bits per heavy atom. The molecule has 2 aromatic rings. The number of hydrogen-bond acceptors (Lipinski definition) is 5. The third-order valence-corrected chi connectivity index (χ3v) is 3.74. The van der Waals surface area contributed by atoms with Crippen LogP contribution in [0.5, 0.6) is 0 Å². The average Bonchev–Trinajstić information content (AvgIpc) is 3.08. The molecule has 1 fully saturated rings. The summed E-state index contributed by atoms with van der Waals surface area (Å²) in [6, 6.07) is 4.73. The van der Waals surface area contributed by atoms with Crippen molar-refractivity contribution < 1.29 is 9.21 Å². The number of nitrogens with zero attached hydrogens (tertiary/aromatic N) is 2. The molecular formula is C13H12Cl2N4O2. The maximum Gasteiger partial charge on any atom is 0.322 e. The van der Waals surface area contributed by atoms with Gasteiger partial charge < -0.3 is 9.73 Å². The molecule has 2 heterocycles. The number of aromatic nitrogens is 2. The predicted molar refractivity (Wildman–Crippen MR) is 78.7 cm³/mol. The minimum Gasteiger partial charge on any atom is -0.406 e. The van der Waals surface area contributed by atoms with Crippen molar-refractivity contribution in [1.29, 1.82) is 0 Å². The van der Waals surface area contributed by atoms with E-state index in [1.807, 2.05) is 0 Å². The summed E-state index contributed by atoms with van der Waals surface area (Å²) in [7, 11) is 0. The van der Waals surface area contributed by atoms with Gasteiger partial charge in [0.1, 0.15) is 0 Å². The summed E-state index contributed by atoms with van der Waals surface area (Å²) in [5.74, 6) is 0.0521. The molecule has 1 aromatic carbocycles. The quantitative estimate of drug-likeness (QED) is 0.906. The average molecular weight is 327 g/mol. The molecule has 0 radical (unpaired) electrons. The Morgan fingerprint density at radius 3 is 2.95 bits per heavy atom. The fourth-order valence-electron chi connectivity index (χ4n) is 2.16. The summed E-state index contributed by atoms with van der Waals surface area (Å²) < 4.78 is 5.44. The molecule has 3 rings (SSSR count). The van der Waals surface area contributed by atoms with Gasteiger partial charge in [-0.1, -0.05) is 28.3 Å². The Kier molecular flexibility index (Phi) is 4.10. The summed E-state index contributed by atoms with van der Waals surface area (Å²) in [5.41, 5.74) is 0.291. The van der Waals surface area contributed by atoms with Crippen LogP contribution in [0.4, 0.5) is 6.01 Å². The van der Waals surface area contributed by atoms with Gasteiger partial charge in [-0.15, -0.1) is 5.10 Å². The summed E-state index contributed by atoms with van der Waals surface area (Å²) in [6.45, 7) is 0.926. The normalized spacial score (nSPS) is 17.9. The number of halogens is 2. The highest BCUT2D eigenvalue weighted by molar-refractivity contribution is 6.37. The monoisotopic (exact) mass is 326 g/mol. The van der Waals surface area contributed by atoms with Gasteiger partial charge in [-0.2, -0.15) is 0 Å². The Labute approximate surface area is 130 Å². The first-order valence-corrected chi connectivity index (χ1v) is 7.22. The lowest BCUT2D eigenvalue weighted by Gasteiger charge is -2.04. The van der Waals surface area contributed by atoms with E-state index in [2.05, 4.69) is 20.8 Å². The van der Waals surface area contributed by atoms with Gasteiger partial charge in [-0.05, 0) is 37.6 Å². The Morgan fingerprint density at radius 2 is 2.24 bits per heavy atom. The molecule has 1 aliphatic rings. The number of amides is 1. The Hall–Kier alpha value is -1.63. The van der Waals surface area contributed by atoms with Gasteiger partial charge in [0.15, 0.2) is 0 Å². The van der Waals surface area contributed by atoms with Crippen LogP contribution in [0.2, 0.25) is 10.0 Å². The van der Waals surface area contributed by atoms with Crippen molar-refractivity contribution in [2.45, 2.75) is 18.9 Å². The molecule has 0 spiro atoms. The summed E-state index contributed by atoms with van der Waals surface area (Å²) in [4.78, 5) is 12.1. The molecule has 1 aliphatic heterocycles. The molecule has 8 heteroatoms. The number of anilines is 1. The fraction of sp³-hybridized carbons (Fsp3) is 0.308. The van der Waals surface area contributed by atoms with E-state index in [0.717, 1.165) is 19.4 Å². The topological polar surface area (TPSA) is 80.0 Å². The molecular weight excluding hydrogens is 315 g/mol. The van der Waals surface area contributed by atoms with Crippen LogP contribution in [0.25, 0.3) is 0 Å². The zero-order valence-electron chi connectivity index (χ0n) is 10.9. The third kappa shape index (κ3) is 3.18. The van der Waals surface area contributed by atoms with E-state index in [9.17, 15) is 4.79 Å². The van der Waals surface area contributed by atoms with E-state index in [0.29, 0.717) is 16.5 Å². The second kappa shape index (κ2) is 6.01. The number of carbonyl (C=O) groups excluding carboxylic acids is 1. The standard InChI is InChI=1S/C13H12Cl2N4O2/c14-7-3-4-8(9(15)6-7)11(20)17-13-19-18-12(21-13)10-2-1-5-16-10/h3-4,6,10,16H,1-2,5H2,(H,17,19,20). The smallest absolute Gasteiger partial charge is 0.322 e. The first-order valence-electron chi connectivity index (χ1n) is 6.46. The molecule has 1 atom stereocenters. The van der Waals surface area contributed by atoms with Crippen molar-refractivity contribution in [2.75, 3.05) is 11.9 Å². The summed E-state index contributed by atoms with van der Waals surface area (Å²) in [6.07, 6.45) is 2.01. The van der Waals surface area contributed by atoms with Gasteiger partial charge in [0.25, 0.3) is 5.91 Å². The van der Waals surface area contributed by atoms with Crippen LogP contribution in [0.15, 0.2) is 22.6 Å². The van der Waals surface area contributed by atoms with Crippen LogP contribution in [-0.4, -0.2) is 22.6 Å². The lowest BCUT2D eigenvalue weighted by Crippen LogP contribution is -2.13. The van der Waals surface area contributed by atoms with Gasteiger partial charge in [0.2, 0.25) is 5.89 Å². The molecule has 0 aliphatic carbocycles. The molecule has 1 aromatic heterocycles. The van der Waals surface area contributed by atoms with E-state index in [1.165, 1.54) is 12.1 Å². The predicted octanol–water partition coefficient (Wildman–Crippen LogP) is 3.05. The van der Waals surface area contributed by atoms with E-state index in [4.69, 9.17) is 27.6 Å². The maximum atomic E-state index is 12.1. The van der Waals surface area contributed by atoms with Crippen molar-refractivity contribution in [2.24, 2.45) is 0 Å². The highest BCUT2D eigenvalue weighted by Crippen LogP contribution is 2.24. The van der Waals surface area contributed by atoms with Gasteiger partial charge in [-0.3, -0.25) is 10.1 Å². The van der Waals surface area contributed by atoms with Crippen LogP contribution in [0, 0.1) is 0 Å². The lowest BCUT2D eigenvalue weighted by molar-refractivity contribution is 0.102. The first kappa shape index (κ1) is 14.3. The first-order chi connectivity index (χ1) is 10.1. The van der Waals surface area contributed by atoms with Gasteiger partial charge in [0.05, 0.1) is 16.6 Å². The maximum absolute atomic E-state index is 12.1. The zero-order valence-corrected chi connectivity index (χ0v) is 12.4. The number of rotatable bonds is 3. The highest BCUT2D eigenvalue weighted by atomic mass is 35.5. The van der Waals surface area contributed by atoms with Crippen LogP contribution >= 0.6 is 23.2 Å². The molecule has 2 N–H and O–H groups in total. The van der Waals surface area contributed by atoms with Crippen molar-refractivity contribution >= 4 is 35.1 Å². The van der Waals surface area contributed by atoms with Crippen molar-refractivity contribution in [1.82, 2.24) is 15.5 Å². The van der Waals surface area contributed by atoms with Gasteiger partial charge in [-0.25, -0.2) is 0 Å². The fourth-order valence-corrected chi connectivity index (χ4v) is 2.65. The van der Waals surface area contributed by atoms with Gasteiger partial charge >= 0.3 is 6.01 Å². The zero-order chi connectivity index (χ0) is 14.8. The summed E-state index contributed by atoms with van der Waals surface area (Å²) >= 11 is 11.8. The SMILES string of the molecule is O=C(Nc1nnc(C2CCCN2)o1)c1ccc(Cl)cc1Cl. The highest BCUT2D eigenvalue weighted by Gasteiger charge is 2.23. The van der Waals surface area contributed by atoms with Crippen molar-refractivity contribution in [3.63, 3.8) is 0 Å². The molecule has 1 unspecified atom stereocenters. The molecule has 0 bridgehead atoms. The van der Waals surface area contributed by atoms with Crippen LogP contribution < -0.4 is 10.6 Å². The Balaban J connectivity index is 1.72.